The van der Waals surface area contributed by atoms with Crippen LogP contribution in [-0.4, -0.2) is 26.3 Å². The molecule has 1 aromatic rings. The molecule has 60 valence electrons. The van der Waals surface area contributed by atoms with Crippen molar-refractivity contribution >= 4 is 11.3 Å². The molecule has 0 saturated carbocycles. The minimum absolute atomic E-state index is 0.850. The molecule has 1 aliphatic rings. The third kappa shape index (κ3) is 1.52. The zero-order chi connectivity index (χ0) is 7.52. The highest BCUT2D eigenvalue weighted by Gasteiger charge is 2.16. The average molecular weight is 171 g/mol. The molecular formula is C7H11N2OS+. The summed E-state index contributed by atoms with van der Waals surface area (Å²) in [6.07, 6.45) is 2.08. The lowest BCUT2D eigenvalue weighted by atomic mass is 10.5. The Morgan fingerprint density at radius 2 is 2.18 bits per heavy atom. The summed E-state index contributed by atoms with van der Waals surface area (Å²) in [5.74, 6) is 0. The van der Waals surface area contributed by atoms with Crippen LogP contribution in [0.25, 0.3) is 0 Å². The van der Waals surface area contributed by atoms with E-state index < -0.39 is 0 Å². The van der Waals surface area contributed by atoms with E-state index in [0.717, 1.165) is 26.3 Å². The first-order valence-electron chi connectivity index (χ1n) is 3.73. The highest BCUT2D eigenvalue weighted by molar-refractivity contribution is 7.07. The quantitative estimate of drug-likeness (QED) is 0.553. The highest BCUT2D eigenvalue weighted by atomic mass is 32.1. The molecule has 1 saturated heterocycles. The first kappa shape index (κ1) is 7.06. The number of aromatic nitrogens is 1. The number of nitrogens with zero attached hydrogens (tertiary/aromatic N) is 2. The van der Waals surface area contributed by atoms with Crippen LogP contribution < -0.4 is 9.69 Å². The van der Waals surface area contributed by atoms with Gasteiger partial charge in [-0.05, 0) is 0 Å². The maximum Gasteiger partial charge on any atom is 0.254 e. The zero-order valence-corrected chi connectivity index (χ0v) is 7.09. The first-order valence-corrected chi connectivity index (χ1v) is 4.67. The standard InChI is InChI=1S/C7H11N2OS/c1-4-10-5-2-8(1)9-3-6-11-7-9/h3,6-7H,1-2,4-5H2/q+1. The van der Waals surface area contributed by atoms with Crippen molar-refractivity contribution in [3.8, 4) is 0 Å². The Labute approximate surface area is 69.8 Å². The smallest absolute Gasteiger partial charge is 0.254 e. The summed E-state index contributed by atoms with van der Waals surface area (Å²) in [5.41, 5.74) is 2.10. The molecule has 0 bridgehead atoms. The van der Waals surface area contributed by atoms with E-state index >= 15 is 0 Å². The van der Waals surface area contributed by atoms with Gasteiger partial charge in [0.15, 0.2) is 0 Å². The molecule has 1 aliphatic heterocycles. The van der Waals surface area contributed by atoms with E-state index in [-0.39, 0.29) is 0 Å². The van der Waals surface area contributed by atoms with Crippen molar-refractivity contribution in [1.29, 1.82) is 0 Å². The molecule has 0 spiro atoms. The van der Waals surface area contributed by atoms with Crippen molar-refractivity contribution in [2.75, 3.05) is 31.3 Å². The summed E-state index contributed by atoms with van der Waals surface area (Å²) in [7, 11) is 0. The summed E-state index contributed by atoms with van der Waals surface area (Å²) < 4.78 is 7.38. The zero-order valence-electron chi connectivity index (χ0n) is 6.27. The second-order valence-electron chi connectivity index (χ2n) is 2.47. The van der Waals surface area contributed by atoms with Crippen molar-refractivity contribution in [2.45, 2.75) is 0 Å². The third-order valence-corrected chi connectivity index (χ3v) is 2.39. The fourth-order valence-electron chi connectivity index (χ4n) is 1.18. The van der Waals surface area contributed by atoms with Gasteiger partial charge in [-0.1, -0.05) is 16.0 Å². The van der Waals surface area contributed by atoms with E-state index in [0.29, 0.717) is 0 Å². The lowest BCUT2D eigenvalue weighted by Crippen LogP contribution is -2.60. The Morgan fingerprint density at radius 3 is 2.82 bits per heavy atom. The third-order valence-electron chi connectivity index (χ3n) is 1.78. The van der Waals surface area contributed by atoms with Crippen molar-refractivity contribution < 1.29 is 9.41 Å². The van der Waals surface area contributed by atoms with Crippen LogP contribution in [0.4, 0.5) is 0 Å². The van der Waals surface area contributed by atoms with Crippen LogP contribution in [0.5, 0.6) is 0 Å². The van der Waals surface area contributed by atoms with Crippen LogP contribution in [-0.2, 0) is 4.74 Å². The lowest BCUT2D eigenvalue weighted by Gasteiger charge is -2.20. The molecule has 2 heterocycles. The molecule has 0 N–H and O–H groups in total. The maximum atomic E-state index is 5.25. The van der Waals surface area contributed by atoms with E-state index in [4.69, 9.17) is 4.74 Å². The largest absolute Gasteiger partial charge is 0.377 e. The molecule has 3 nitrogen and oxygen atoms in total. The maximum absolute atomic E-state index is 5.25. The molecule has 0 amide bonds. The van der Waals surface area contributed by atoms with Gasteiger partial charge in [-0.2, -0.15) is 5.01 Å². The van der Waals surface area contributed by atoms with E-state index in [1.165, 1.54) is 0 Å². The molecule has 1 aromatic heterocycles. The Bertz CT molecular complexity index is 206. The van der Waals surface area contributed by atoms with Gasteiger partial charge in [-0.25, -0.2) is 0 Å². The van der Waals surface area contributed by atoms with Gasteiger partial charge in [0.1, 0.15) is 0 Å². The number of morpholine rings is 1. The lowest BCUT2D eigenvalue weighted by molar-refractivity contribution is -0.690. The van der Waals surface area contributed by atoms with Gasteiger partial charge in [-0.3, -0.25) is 0 Å². The number of ether oxygens (including phenoxy) is 1. The predicted octanol–water partition coefficient (Wildman–Crippen LogP) is 0.00380. The molecule has 2 rings (SSSR count). The first-order chi connectivity index (χ1) is 5.47. The molecule has 11 heavy (non-hydrogen) atoms. The fraction of sp³-hybridized carbons (Fsp3) is 0.571. The normalized spacial score (nSPS) is 18.7. The minimum Gasteiger partial charge on any atom is -0.377 e. The summed E-state index contributed by atoms with van der Waals surface area (Å²) in [6, 6.07) is 0. The SMILES string of the molecule is c1c[n+](N2CCOCC2)cs1. The van der Waals surface area contributed by atoms with Crippen molar-refractivity contribution in [3.05, 3.63) is 17.1 Å². The highest BCUT2D eigenvalue weighted by Crippen LogP contribution is 1.93. The molecule has 0 unspecified atom stereocenters. The number of thiazole rings is 1. The summed E-state index contributed by atoms with van der Waals surface area (Å²) >= 11 is 1.71. The number of hydrogen-bond acceptors (Lipinski definition) is 3. The molecule has 4 heteroatoms. The van der Waals surface area contributed by atoms with E-state index in [1.807, 2.05) is 0 Å². The van der Waals surface area contributed by atoms with E-state index in [1.54, 1.807) is 11.3 Å². The van der Waals surface area contributed by atoms with Gasteiger partial charge in [0.2, 0.25) is 6.20 Å². The minimum atomic E-state index is 0.850. The van der Waals surface area contributed by atoms with Crippen molar-refractivity contribution in [2.24, 2.45) is 0 Å². The van der Waals surface area contributed by atoms with Crippen LogP contribution >= 0.6 is 11.3 Å². The fourth-order valence-corrected chi connectivity index (χ4v) is 1.77. The second kappa shape index (κ2) is 3.19. The Hall–Kier alpha value is -0.610. The summed E-state index contributed by atoms with van der Waals surface area (Å²) in [4.78, 5) is 0. The van der Waals surface area contributed by atoms with Crippen LogP contribution in [0.3, 0.4) is 0 Å². The number of rotatable bonds is 1. The average Bonchev–Trinajstić information content (AvgIpc) is 2.58. The molecule has 0 atom stereocenters. The van der Waals surface area contributed by atoms with Gasteiger partial charge >= 0.3 is 0 Å². The molecule has 0 aromatic carbocycles. The molecular weight excluding hydrogens is 160 g/mol. The van der Waals surface area contributed by atoms with Crippen LogP contribution in [0.1, 0.15) is 0 Å². The van der Waals surface area contributed by atoms with E-state index in [2.05, 4.69) is 26.8 Å². The predicted molar refractivity (Wildman–Crippen MR) is 43.3 cm³/mol. The van der Waals surface area contributed by atoms with Gasteiger partial charge < -0.3 is 4.74 Å². The Balaban J connectivity index is 2.04. The molecule has 1 fully saturated rings. The van der Waals surface area contributed by atoms with E-state index in [9.17, 15) is 0 Å². The summed E-state index contributed by atoms with van der Waals surface area (Å²) in [5, 5.41) is 4.36. The van der Waals surface area contributed by atoms with Crippen molar-refractivity contribution in [3.63, 3.8) is 0 Å². The van der Waals surface area contributed by atoms with Gasteiger partial charge in [0, 0.05) is 0 Å². The topological polar surface area (TPSA) is 16.4 Å². The van der Waals surface area contributed by atoms with Crippen LogP contribution in [0, 0.1) is 0 Å². The van der Waals surface area contributed by atoms with Gasteiger partial charge in [-0.15, -0.1) is 0 Å². The van der Waals surface area contributed by atoms with Gasteiger partial charge in [0.25, 0.3) is 5.51 Å². The second-order valence-corrected chi connectivity index (χ2v) is 3.23. The van der Waals surface area contributed by atoms with Gasteiger partial charge in [0.05, 0.1) is 31.7 Å². The monoisotopic (exact) mass is 171 g/mol. The Morgan fingerprint density at radius 1 is 1.36 bits per heavy atom. The number of hydrogen-bond donors (Lipinski definition) is 0. The van der Waals surface area contributed by atoms with Crippen LogP contribution in [0.2, 0.25) is 0 Å². The van der Waals surface area contributed by atoms with Crippen molar-refractivity contribution in [1.82, 2.24) is 0 Å². The molecule has 0 aliphatic carbocycles. The summed E-state index contributed by atoms with van der Waals surface area (Å²) in [6.45, 7) is 3.70. The Kier molecular flexibility index (Phi) is 2.05. The van der Waals surface area contributed by atoms with Crippen LogP contribution in [0.15, 0.2) is 17.1 Å². The molecule has 0 radical (unpaired) electrons.